The first-order valence-electron chi connectivity index (χ1n) is 9.01. The zero-order valence-electron chi connectivity index (χ0n) is 15.4. The summed E-state index contributed by atoms with van der Waals surface area (Å²) in [5.74, 6) is 0.821. The van der Waals surface area contributed by atoms with Gasteiger partial charge in [-0.25, -0.2) is 4.98 Å². The Kier molecular flexibility index (Phi) is 6.54. The van der Waals surface area contributed by atoms with Crippen molar-refractivity contribution < 1.29 is 0 Å². The van der Waals surface area contributed by atoms with Gasteiger partial charge in [-0.05, 0) is 30.7 Å². The molecule has 3 heterocycles. The molecule has 0 bridgehead atoms. The number of para-hydroxylation sites is 1. The molecule has 1 aliphatic rings. The molecule has 4 rings (SSSR count). The number of fused-ring (bicyclic) bond motifs is 1. The number of aliphatic imine (C=N–C) groups is 1. The van der Waals surface area contributed by atoms with E-state index in [1.165, 1.54) is 5.69 Å². The molecule has 0 spiro atoms. The van der Waals surface area contributed by atoms with Gasteiger partial charge < -0.3 is 19.9 Å². The first-order valence-corrected chi connectivity index (χ1v) is 9.01. The van der Waals surface area contributed by atoms with Crippen LogP contribution in [0.1, 0.15) is 12.1 Å². The topological polar surface area (TPSA) is 57.0 Å². The lowest BCUT2D eigenvalue weighted by Crippen LogP contribution is -2.44. The molecule has 0 amide bonds. The van der Waals surface area contributed by atoms with Crippen LogP contribution >= 0.6 is 24.0 Å². The maximum Gasteiger partial charge on any atom is 0.191 e. The van der Waals surface area contributed by atoms with E-state index in [1.807, 2.05) is 42.0 Å². The Labute approximate surface area is 176 Å². The van der Waals surface area contributed by atoms with Crippen molar-refractivity contribution >= 4 is 41.3 Å². The van der Waals surface area contributed by atoms with Crippen LogP contribution in [-0.2, 0) is 6.54 Å². The maximum atomic E-state index is 4.61. The smallest absolute Gasteiger partial charge is 0.191 e. The molecule has 1 unspecified atom stereocenters. The fourth-order valence-corrected chi connectivity index (χ4v) is 3.39. The van der Waals surface area contributed by atoms with E-state index in [-0.39, 0.29) is 24.0 Å². The number of aromatic nitrogens is 2. The second-order valence-electron chi connectivity index (χ2n) is 6.54. The van der Waals surface area contributed by atoms with Gasteiger partial charge in [-0.2, -0.15) is 0 Å². The molecule has 27 heavy (non-hydrogen) atoms. The summed E-state index contributed by atoms with van der Waals surface area (Å²) < 4.78 is 2.03. The summed E-state index contributed by atoms with van der Waals surface area (Å²) in [4.78, 5) is 11.4. The third-order valence-corrected chi connectivity index (χ3v) is 4.72. The lowest BCUT2D eigenvalue weighted by molar-refractivity contribution is 0.647. The van der Waals surface area contributed by atoms with E-state index in [1.54, 1.807) is 0 Å². The molecule has 1 fully saturated rings. The van der Waals surface area contributed by atoms with Crippen molar-refractivity contribution in [2.45, 2.75) is 19.0 Å². The van der Waals surface area contributed by atoms with E-state index in [9.17, 15) is 0 Å². The number of rotatable bonds is 4. The third kappa shape index (κ3) is 4.71. The van der Waals surface area contributed by atoms with Crippen LogP contribution in [0.5, 0.6) is 0 Å². The highest BCUT2D eigenvalue weighted by atomic mass is 127. The second-order valence-corrected chi connectivity index (χ2v) is 6.54. The van der Waals surface area contributed by atoms with Crippen LogP contribution in [-0.4, -0.2) is 41.5 Å². The van der Waals surface area contributed by atoms with Gasteiger partial charge in [0.15, 0.2) is 5.96 Å². The molecule has 1 atom stereocenters. The first kappa shape index (κ1) is 19.5. The van der Waals surface area contributed by atoms with Crippen molar-refractivity contribution in [2.75, 3.05) is 25.0 Å². The van der Waals surface area contributed by atoms with Gasteiger partial charge in [0, 0.05) is 44.3 Å². The minimum Gasteiger partial charge on any atom is -0.369 e. The zero-order valence-corrected chi connectivity index (χ0v) is 17.7. The van der Waals surface area contributed by atoms with Gasteiger partial charge in [-0.1, -0.05) is 24.3 Å². The van der Waals surface area contributed by atoms with E-state index in [4.69, 9.17) is 0 Å². The number of halogens is 1. The van der Waals surface area contributed by atoms with Crippen LogP contribution < -0.4 is 15.5 Å². The number of imidazole rings is 1. The molecule has 7 heteroatoms. The van der Waals surface area contributed by atoms with Crippen LogP contribution in [0.3, 0.4) is 0 Å². The molecule has 0 saturated carbocycles. The molecule has 1 aromatic carbocycles. The van der Waals surface area contributed by atoms with Crippen molar-refractivity contribution in [1.29, 1.82) is 0 Å². The number of anilines is 1. The Morgan fingerprint density at radius 1 is 1.19 bits per heavy atom. The van der Waals surface area contributed by atoms with E-state index in [2.05, 4.69) is 55.8 Å². The number of nitrogens with zero attached hydrogens (tertiary/aromatic N) is 4. The molecule has 2 N–H and O–H groups in total. The number of hydrogen-bond donors (Lipinski definition) is 2. The van der Waals surface area contributed by atoms with E-state index in [0.29, 0.717) is 12.6 Å². The van der Waals surface area contributed by atoms with E-state index in [0.717, 1.165) is 36.8 Å². The normalized spacial score (nSPS) is 17.0. The van der Waals surface area contributed by atoms with Crippen LogP contribution in [0, 0.1) is 0 Å². The van der Waals surface area contributed by atoms with Gasteiger partial charge in [0.2, 0.25) is 0 Å². The Hall–Kier alpha value is -2.29. The largest absolute Gasteiger partial charge is 0.369 e. The van der Waals surface area contributed by atoms with E-state index >= 15 is 0 Å². The first-order chi connectivity index (χ1) is 12.8. The molecule has 2 aromatic heterocycles. The number of guanidine groups is 1. The Balaban J connectivity index is 0.00000210. The van der Waals surface area contributed by atoms with Crippen LogP contribution in [0.15, 0.2) is 65.9 Å². The zero-order chi connectivity index (χ0) is 17.8. The Morgan fingerprint density at radius 3 is 2.78 bits per heavy atom. The third-order valence-electron chi connectivity index (χ3n) is 4.72. The second kappa shape index (κ2) is 9.07. The summed E-state index contributed by atoms with van der Waals surface area (Å²) in [6, 6.07) is 17.0. The highest BCUT2D eigenvalue weighted by Crippen LogP contribution is 2.19. The van der Waals surface area contributed by atoms with E-state index < -0.39 is 0 Å². The number of benzene rings is 1. The molecule has 3 aromatic rings. The molecular weight excluding hydrogens is 451 g/mol. The van der Waals surface area contributed by atoms with Gasteiger partial charge in [0.1, 0.15) is 5.65 Å². The predicted molar refractivity (Wildman–Crippen MR) is 121 cm³/mol. The summed E-state index contributed by atoms with van der Waals surface area (Å²) in [7, 11) is 1.81. The van der Waals surface area contributed by atoms with Crippen molar-refractivity contribution in [3.63, 3.8) is 0 Å². The van der Waals surface area contributed by atoms with Gasteiger partial charge in [0.05, 0.1) is 12.2 Å². The lowest BCUT2D eigenvalue weighted by atomic mass is 10.3. The average Bonchev–Trinajstić information content (AvgIpc) is 3.32. The number of hydrogen-bond acceptors (Lipinski definition) is 3. The maximum absolute atomic E-state index is 4.61. The molecule has 1 saturated heterocycles. The molecule has 1 aliphatic heterocycles. The van der Waals surface area contributed by atoms with Crippen molar-refractivity contribution in [3.05, 3.63) is 66.6 Å². The van der Waals surface area contributed by atoms with Gasteiger partial charge in [0.25, 0.3) is 0 Å². The quantitative estimate of drug-likeness (QED) is 0.346. The van der Waals surface area contributed by atoms with Gasteiger partial charge >= 0.3 is 0 Å². The highest BCUT2D eigenvalue weighted by Gasteiger charge is 2.23. The summed E-state index contributed by atoms with van der Waals surface area (Å²) >= 11 is 0. The van der Waals surface area contributed by atoms with Crippen LogP contribution in [0.2, 0.25) is 0 Å². The minimum atomic E-state index is 0. The molecule has 142 valence electrons. The highest BCUT2D eigenvalue weighted by molar-refractivity contribution is 14.0. The Bertz CT molecular complexity index is 859. The molecular formula is C20H25IN6. The number of pyridine rings is 1. The summed E-state index contributed by atoms with van der Waals surface area (Å²) in [5.41, 5.74) is 3.24. The predicted octanol–water partition coefficient (Wildman–Crippen LogP) is 2.90. The monoisotopic (exact) mass is 476 g/mol. The summed E-state index contributed by atoms with van der Waals surface area (Å²) in [6.07, 6.45) is 5.15. The lowest BCUT2D eigenvalue weighted by Gasteiger charge is -2.20. The van der Waals surface area contributed by atoms with Gasteiger partial charge in [-0.3, -0.25) is 4.99 Å². The molecule has 6 nitrogen and oxygen atoms in total. The van der Waals surface area contributed by atoms with Crippen molar-refractivity contribution in [3.8, 4) is 0 Å². The Morgan fingerprint density at radius 2 is 2.00 bits per heavy atom. The fraction of sp³-hybridized carbons (Fsp3) is 0.300. The van der Waals surface area contributed by atoms with Crippen molar-refractivity contribution in [1.82, 2.24) is 20.0 Å². The van der Waals surface area contributed by atoms with Gasteiger partial charge in [-0.15, -0.1) is 24.0 Å². The minimum absolute atomic E-state index is 0. The SMILES string of the molecule is CN=C(NCc1cn2ccccc2n1)NC1CCN(c2ccccc2)C1.I. The van der Waals surface area contributed by atoms with Crippen LogP contribution in [0.4, 0.5) is 5.69 Å². The average molecular weight is 476 g/mol. The summed E-state index contributed by atoms with van der Waals surface area (Å²) in [5, 5.41) is 6.90. The summed E-state index contributed by atoms with van der Waals surface area (Å²) in [6.45, 7) is 2.70. The number of nitrogens with one attached hydrogen (secondary N) is 2. The van der Waals surface area contributed by atoms with Crippen molar-refractivity contribution in [2.24, 2.45) is 4.99 Å². The molecule has 0 aliphatic carbocycles. The standard InChI is InChI=1S/C20H24N6.HI/c1-21-20(22-13-17-15-26-11-6-5-9-19(26)23-17)24-16-10-12-25(14-16)18-7-3-2-4-8-18;/h2-9,11,15-16H,10,12-14H2,1H3,(H2,21,22,24);1H. The molecule has 0 radical (unpaired) electrons. The fourth-order valence-electron chi connectivity index (χ4n) is 3.39. The van der Waals surface area contributed by atoms with Crippen LogP contribution in [0.25, 0.3) is 5.65 Å².